The third-order valence-electron chi connectivity index (χ3n) is 4.47. The van der Waals surface area contributed by atoms with Crippen LogP contribution >= 0.6 is 12.2 Å². The van der Waals surface area contributed by atoms with Gasteiger partial charge in [0.2, 0.25) is 0 Å². The van der Waals surface area contributed by atoms with Crippen molar-refractivity contribution in [3.63, 3.8) is 0 Å². The van der Waals surface area contributed by atoms with Gasteiger partial charge in [-0.15, -0.1) is 0 Å². The summed E-state index contributed by atoms with van der Waals surface area (Å²) in [7, 11) is 1.34. The second kappa shape index (κ2) is 8.67. The number of nitrogens with one attached hydrogen (secondary N) is 3. The Hall–Kier alpha value is -3.19. The van der Waals surface area contributed by atoms with E-state index in [1.165, 1.54) is 7.11 Å². The zero-order valence-electron chi connectivity index (χ0n) is 15.6. The molecule has 0 saturated heterocycles. The van der Waals surface area contributed by atoms with E-state index in [2.05, 4.69) is 16.0 Å². The third-order valence-corrected chi connectivity index (χ3v) is 4.69. The average Bonchev–Trinajstić information content (AvgIpc) is 2.71. The van der Waals surface area contributed by atoms with Crippen LogP contribution in [0.3, 0.4) is 0 Å². The minimum atomic E-state index is -0.420. The monoisotopic (exact) mass is 395 g/mol. The normalized spacial score (nSPS) is 16.1. The van der Waals surface area contributed by atoms with Crippen LogP contribution in [0.25, 0.3) is 0 Å². The lowest BCUT2D eigenvalue weighted by Crippen LogP contribution is -2.46. The number of hydrogen-bond acceptors (Lipinski definition) is 4. The first-order valence-corrected chi connectivity index (χ1v) is 9.19. The molecule has 2 aromatic carbocycles. The van der Waals surface area contributed by atoms with Crippen LogP contribution in [0.2, 0.25) is 0 Å². The van der Waals surface area contributed by atoms with E-state index in [1.54, 1.807) is 24.3 Å². The number of hydrogen-bond donors (Lipinski definition) is 3. The predicted molar refractivity (Wildman–Crippen MR) is 110 cm³/mol. The van der Waals surface area contributed by atoms with Gasteiger partial charge in [-0.3, -0.25) is 4.79 Å². The lowest BCUT2D eigenvalue weighted by atomic mass is 9.94. The second-order valence-corrected chi connectivity index (χ2v) is 6.76. The number of carbonyl (C=O) groups is 2. The van der Waals surface area contributed by atoms with Crippen molar-refractivity contribution >= 4 is 29.2 Å². The molecule has 1 aliphatic rings. The van der Waals surface area contributed by atoms with Gasteiger partial charge < -0.3 is 20.7 Å². The van der Waals surface area contributed by atoms with Crippen molar-refractivity contribution in [3.05, 3.63) is 82.6 Å². The molecule has 0 radical (unpaired) electrons. The van der Waals surface area contributed by atoms with Gasteiger partial charge >= 0.3 is 5.97 Å². The van der Waals surface area contributed by atoms with Gasteiger partial charge in [0.25, 0.3) is 5.91 Å². The summed E-state index contributed by atoms with van der Waals surface area (Å²) in [6, 6.07) is 16.2. The van der Waals surface area contributed by atoms with Crippen LogP contribution < -0.4 is 16.0 Å². The molecule has 0 spiro atoms. The van der Waals surface area contributed by atoms with E-state index in [9.17, 15) is 9.59 Å². The molecule has 0 bridgehead atoms. The summed E-state index contributed by atoms with van der Waals surface area (Å²) in [5, 5.41) is 9.55. The van der Waals surface area contributed by atoms with E-state index >= 15 is 0 Å². The molecule has 0 unspecified atom stereocenters. The number of rotatable bonds is 5. The first-order valence-electron chi connectivity index (χ1n) is 8.78. The van der Waals surface area contributed by atoms with Crippen LogP contribution in [0.5, 0.6) is 0 Å². The number of thiocarbonyl (C=S) groups is 1. The number of ether oxygens (including phenoxy) is 1. The molecule has 6 nitrogen and oxygen atoms in total. The fourth-order valence-electron chi connectivity index (χ4n) is 3.05. The molecule has 2 aromatic rings. The fraction of sp³-hybridized carbons (Fsp3) is 0.190. The molecule has 0 aliphatic carbocycles. The van der Waals surface area contributed by atoms with Crippen molar-refractivity contribution in [3.8, 4) is 0 Å². The molecule has 7 heteroatoms. The Kier molecular flexibility index (Phi) is 6.06. The Bertz CT molecular complexity index is 924. The molecule has 144 valence electrons. The van der Waals surface area contributed by atoms with Crippen LogP contribution in [-0.2, 0) is 16.1 Å². The van der Waals surface area contributed by atoms with Crippen LogP contribution in [0.4, 0.5) is 0 Å². The molecule has 0 saturated carbocycles. The van der Waals surface area contributed by atoms with Crippen molar-refractivity contribution in [2.24, 2.45) is 0 Å². The van der Waals surface area contributed by atoms with Crippen molar-refractivity contribution in [2.45, 2.75) is 19.5 Å². The maximum Gasteiger partial charge on any atom is 0.337 e. The van der Waals surface area contributed by atoms with Crippen molar-refractivity contribution < 1.29 is 14.3 Å². The van der Waals surface area contributed by atoms with E-state index in [0.29, 0.717) is 28.5 Å². The lowest BCUT2D eigenvalue weighted by molar-refractivity contribution is -0.118. The lowest BCUT2D eigenvalue weighted by Gasteiger charge is -2.30. The van der Waals surface area contributed by atoms with Gasteiger partial charge in [0.05, 0.1) is 24.3 Å². The van der Waals surface area contributed by atoms with Gasteiger partial charge in [-0.2, -0.15) is 0 Å². The Labute approximate surface area is 169 Å². The van der Waals surface area contributed by atoms with Crippen LogP contribution in [0.1, 0.15) is 34.5 Å². The summed E-state index contributed by atoms with van der Waals surface area (Å²) in [5.41, 5.74) is 3.52. The van der Waals surface area contributed by atoms with Crippen LogP contribution in [-0.4, -0.2) is 24.1 Å². The van der Waals surface area contributed by atoms with E-state index < -0.39 is 12.0 Å². The highest BCUT2D eigenvalue weighted by Crippen LogP contribution is 2.27. The Balaban J connectivity index is 1.84. The number of allylic oxidation sites excluding steroid dienone is 1. The van der Waals surface area contributed by atoms with E-state index in [4.69, 9.17) is 17.0 Å². The van der Waals surface area contributed by atoms with E-state index in [-0.39, 0.29) is 5.91 Å². The summed E-state index contributed by atoms with van der Waals surface area (Å²) < 4.78 is 4.73. The minimum Gasteiger partial charge on any atom is -0.465 e. The first kappa shape index (κ1) is 19.6. The first-order chi connectivity index (χ1) is 13.5. The number of benzene rings is 2. The standard InChI is InChI=1S/C21H21N3O3S/c1-13-17(19(25)22-12-14-6-4-3-5-7-14)18(24-21(28)23-13)15-8-10-16(11-9-15)20(26)27-2/h3-11,18H,12H2,1-2H3,(H,22,25)(H2,23,24,28)/t18-/m0/s1. The van der Waals surface area contributed by atoms with Crippen molar-refractivity contribution in [1.29, 1.82) is 0 Å². The van der Waals surface area contributed by atoms with Crippen LogP contribution in [0.15, 0.2) is 65.9 Å². The molecule has 0 fully saturated rings. The third kappa shape index (κ3) is 4.37. The number of esters is 1. The molecule has 1 heterocycles. The molecule has 1 aliphatic heterocycles. The average molecular weight is 395 g/mol. The Morgan fingerprint density at radius 2 is 1.79 bits per heavy atom. The summed E-state index contributed by atoms with van der Waals surface area (Å²) in [5.74, 6) is -0.598. The largest absolute Gasteiger partial charge is 0.465 e. The molecule has 1 atom stereocenters. The highest BCUT2D eigenvalue weighted by molar-refractivity contribution is 7.80. The maximum atomic E-state index is 12.9. The summed E-state index contributed by atoms with van der Waals surface area (Å²) in [6.45, 7) is 2.25. The highest BCUT2D eigenvalue weighted by atomic mass is 32.1. The summed E-state index contributed by atoms with van der Waals surface area (Å²) >= 11 is 5.26. The molecule has 1 amide bonds. The molecular formula is C21H21N3O3S. The van der Waals surface area contributed by atoms with Crippen molar-refractivity contribution in [2.75, 3.05) is 7.11 Å². The molecule has 3 N–H and O–H groups in total. The smallest absolute Gasteiger partial charge is 0.337 e. The Morgan fingerprint density at radius 3 is 2.43 bits per heavy atom. The van der Waals surface area contributed by atoms with Gasteiger partial charge in [0.1, 0.15) is 0 Å². The van der Waals surface area contributed by atoms with Crippen molar-refractivity contribution in [1.82, 2.24) is 16.0 Å². The van der Waals surface area contributed by atoms with Gasteiger partial charge in [0, 0.05) is 12.2 Å². The molecule has 0 aromatic heterocycles. The minimum absolute atomic E-state index is 0.189. The van der Waals surface area contributed by atoms with E-state index in [0.717, 1.165) is 11.1 Å². The number of methoxy groups -OCH3 is 1. The zero-order valence-corrected chi connectivity index (χ0v) is 16.4. The quantitative estimate of drug-likeness (QED) is 0.534. The molecule has 28 heavy (non-hydrogen) atoms. The van der Waals surface area contributed by atoms with Gasteiger partial charge in [0.15, 0.2) is 5.11 Å². The topological polar surface area (TPSA) is 79.5 Å². The predicted octanol–water partition coefficient (Wildman–Crippen LogP) is 2.58. The highest BCUT2D eigenvalue weighted by Gasteiger charge is 2.29. The number of carbonyl (C=O) groups excluding carboxylic acids is 2. The second-order valence-electron chi connectivity index (χ2n) is 6.35. The molecule has 3 rings (SSSR count). The fourth-order valence-corrected chi connectivity index (χ4v) is 3.32. The van der Waals surface area contributed by atoms with Gasteiger partial charge in [-0.05, 0) is 42.4 Å². The van der Waals surface area contributed by atoms with Gasteiger partial charge in [-0.1, -0.05) is 42.5 Å². The van der Waals surface area contributed by atoms with E-state index in [1.807, 2.05) is 37.3 Å². The van der Waals surface area contributed by atoms with Crippen LogP contribution in [0, 0.1) is 0 Å². The summed E-state index contributed by atoms with van der Waals surface area (Å²) in [6.07, 6.45) is 0. The zero-order chi connectivity index (χ0) is 20.1. The summed E-state index contributed by atoms with van der Waals surface area (Å²) in [4.78, 5) is 24.6. The SMILES string of the molecule is COC(=O)c1ccc([C@@H]2NC(=S)NC(C)=C2C(=O)NCc2ccccc2)cc1. The molecular weight excluding hydrogens is 374 g/mol. The Morgan fingerprint density at radius 1 is 1.11 bits per heavy atom. The van der Waals surface area contributed by atoms with Gasteiger partial charge in [-0.25, -0.2) is 4.79 Å². The maximum absolute atomic E-state index is 12.9. The number of amides is 1.